The number of carbonyl (C=O) groups excluding carboxylic acids is 1. The number of allylic oxidation sites excluding steroid dienone is 1. The van der Waals surface area contributed by atoms with Crippen molar-refractivity contribution in [1.82, 2.24) is 0 Å². The molecule has 33 heavy (non-hydrogen) atoms. The molecule has 0 unspecified atom stereocenters. The summed E-state index contributed by atoms with van der Waals surface area (Å²) in [6.07, 6.45) is 1.11. The van der Waals surface area contributed by atoms with E-state index in [0.29, 0.717) is 35.5 Å². The molecule has 2 heterocycles. The molecule has 0 bridgehead atoms. The summed E-state index contributed by atoms with van der Waals surface area (Å²) in [6, 6.07) is 14.5. The van der Waals surface area contributed by atoms with Crippen molar-refractivity contribution in [1.29, 1.82) is 0 Å². The number of Topliss-reactive ketones (excluding diaryl/α,β-unsaturated/α-hetero) is 1. The molecule has 1 N–H and O–H groups in total. The van der Waals surface area contributed by atoms with Gasteiger partial charge >= 0.3 is 0 Å². The molecule has 1 aliphatic carbocycles. The van der Waals surface area contributed by atoms with Crippen molar-refractivity contribution >= 4 is 33.5 Å². The third-order valence-corrected chi connectivity index (χ3v) is 6.77. The monoisotopic (exact) mass is 442 g/mol. The molecule has 3 aliphatic rings. The van der Waals surface area contributed by atoms with Crippen molar-refractivity contribution in [3.05, 3.63) is 75.3 Å². The first-order chi connectivity index (χ1) is 15.8. The summed E-state index contributed by atoms with van der Waals surface area (Å²) < 4.78 is 10.9. The van der Waals surface area contributed by atoms with Crippen molar-refractivity contribution in [2.75, 3.05) is 12.1 Å². The average molecular weight is 442 g/mol. The SMILES string of the molecule is CC1(C)CC(=O)C2=C(C1)c1c(ccc3ccccc13)N[C@@H]2c1cc2c(cc1[N+](=O)[O-])OCO2. The number of nitro benzene ring substituents is 1. The summed E-state index contributed by atoms with van der Waals surface area (Å²) in [5, 5.41) is 17.6. The fourth-order valence-corrected chi connectivity index (χ4v) is 5.41. The van der Waals surface area contributed by atoms with Crippen LogP contribution in [0.4, 0.5) is 11.4 Å². The molecule has 3 aromatic rings. The molecule has 0 amide bonds. The fourth-order valence-electron chi connectivity index (χ4n) is 5.41. The normalized spacial score (nSPS) is 20.3. The summed E-state index contributed by atoms with van der Waals surface area (Å²) in [4.78, 5) is 25.2. The van der Waals surface area contributed by atoms with Crippen molar-refractivity contribution in [3.8, 4) is 11.5 Å². The van der Waals surface area contributed by atoms with Crippen LogP contribution in [0.3, 0.4) is 0 Å². The highest BCUT2D eigenvalue weighted by Crippen LogP contribution is 2.53. The van der Waals surface area contributed by atoms with E-state index in [2.05, 4.69) is 31.3 Å². The standard InChI is InChI=1S/C26H22N2O5/c1-26(2)11-17-23-15-6-4-3-5-14(15)7-8-18(23)27-25(24(17)20(29)12-26)16-9-21-22(33-13-32-21)10-19(16)28(30)31/h3-10,25,27H,11-13H2,1-2H3/t25-/m1/s1. The highest BCUT2D eigenvalue weighted by Gasteiger charge is 2.43. The summed E-state index contributed by atoms with van der Waals surface area (Å²) in [7, 11) is 0. The smallest absolute Gasteiger partial charge is 0.279 e. The predicted molar refractivity (Wildman–Crippen MR) is 124 cm³/mol. The van der Waals surface area contributed by atoms with Gasteiger partial charge in [0, 0.05) is 23.2 Å². The van der Waals surface area contributed by atoms with E-state index in [1.54, 1.807) is 6.07 Å². The van der Waals surface area contributed by atoms with Gasteiger partial charge in [0.05, 0.1) is 22.6 Å². The van der Waals surface area contributed by atoms with Gasteiger partial charge in [0.15, 0.2) is 17.3 Å². The third kappa shape index (κ3) is 2.99. The van der Waals surface area contributed by atoms with Crippen molar-refractivity contribution in [3.63, 3.8) is 0 Å². The second kappa shape index (κ2) is 6.81. The van der Waals surface area contributed by atoms with Crippen LogP contribution in [0.1, 0.15) is 43.9 Å². The minimum atomic E-state index is -0.646. The zero-order valence-electron chi connectivity index (χ0n) is 18.3. The Labute approximate surface area is 190 Å². The predicted octanol–water partition coefficient (Wildman–Crippen LogP) is 5.79. The molecule has 2 aliphatic heterocycles. The van der Waals surface area contributed by atoms with E-state index >= 15 is 0 Å². The van der Waals surface area contributed by atoms with E-state index in [4.69, 9.17) is 9.47 Å². The zero-order chi connectivity index (χ0) is 22.9. The van der Waals surface area contributed by atoms with Crippen molar-refractivity contribution in [2.45, 2.75) is 32.7 Å². The maximum absolute atomic E-state index is 13.6. The lowest BCUT2D eigenvalue weighted by Crippen LogP contribution is -2.33. The maximum atomic E-state index is 13.6. The molecule has 0 spiro atoms. The number of ether oxygens (including phenoxy) is 2. The third-order valence-electron chi connectivity index (χ3n) is 6.77. The fraction of sp³-hybridized carbons (Fsp3) is 0.269. The van der Waals surface area contributed by atoms with E-state index in [1.165, 1.54) is 6.07 Å². The van der Waals surface area contributed by atoms with Crippen LogP contribution in [-0.2, 0) is 4.79 Å². The van der Waals surface area contributed by atoms with Crippen molar-refractivity contribution in [2.24, 2.45) is 5.41 Å². The highest BCUT2D eigenvalue weighted by atomic mass is 16.7. The number of nitrogens with zero attached hydrogens (tertiary/aromatic N) is 1. The zero-order valence-corrected chi connectivity index (χ0v) is 18.3. The Hall–Kier alpha value is -3.87. The Morgan fingerprint density at radius 1 is 1.06 bits per heavy atom. The number of rotatable bonds is 2. The Kier molecular flexibility index (Phi) is 4.08. The second-order valence-electron chi connectivity index (χ2n) is 9.64. The number of hydrogen-bond donors (Lipinski definition) is 1. The van der Waals surface area contributed by atoms with Crippen molar-refractivity contribution < 1.29 is 19.2 Å². The van der Waals surface area contributed by atoms with Gasteiger partial charge in [-0.05, 0) is 40.3 Å². The summed E-state index contributed by atoms with van der Waals surface area (Å²) in [6.45, 7) is 4.21. The number of fused-ring (bicyclic) bond motifs is 5. The van der Waals surface area contributed by atoms with Gasteiger partial charge in [-0.3, -0.25) is 14.9 Å². The van der Waals surface area contributed by atoms with Gasteiger partial charge in [-0.15, -0.1) is 0 Å². The number of anilines is 1. The highest BCUT2D eigenvalue weighted by molar-refractivity contribution is 6.13. The Balaban J connectivity index is 1.64. The molecule has 6 rings (SSSR count). The first-order valence-electron chi connectivity index (χ1n) is 11.0. The molecule has 0 radical (unpaired) electrons. The van der Waals surface area contributed by atoms with Crippen LogP contribution in [-0.4, -0.2) is 17.5 Å². The topological polar surface area (TPSA) is 90.7 Å². The number of hydrogen-bond acceptors (Lipinski definition) is 6. The molecule has 7 heteroatoms. The van der Waals surface area contributed by atoms with Crippen LogP contribution in [0.2, 0.25) is 0 Å². The number of ketones is 1. The van der Waals surface area contributed by atoms with Gasteiger partial charge in [0.2, 0.25) is 6.79 Å². The van der Waals surface area contributed by atoms with Gasteiger partial charge in [0.1, 0.15) is 0 Å². The van der Waals surface area contributed by atoms with Crippen LogP contribution >= 0.6 is 0 Å². The largest absolute Gasteiger partial charge is 0.454 e. The van der Waals surface area contributed by atoms with Gasteiger partial charge in [-0.25, -0.2) is 0 Å². The van der Waals surface area contributed by atoms with Gasteiger partial charge in [-0.2, -0.15) is 0 Å². The molecule has 0 saturated carbocycles. The molecule has 3 aromatic carbocycles. The second-order valence-corrected chi connectivity index (χ2v) is 9.64. The van der Waals surface area contributed by atoms with Gasteiger partial charge in [-0.1, -0.05) is 44.2 Å². The van der Waals surface area contributed by atoms with Crippen LogP contribution in [0, 0.1) is 15.5 Å². The number of nitrogens with one attached hydrogen (secondary N) is 1. The molecular weight excluding hydrogens is 420 g/mol. The van der Waals surface area contributed by atoms with Crippen LogP contribution in [0.15, 0.2) is 54.1 Å². The van der Waals surface area contributed by atoms with Crippen LogP contribution < -0.4 is 14.8 Å². The van der Waals surface area contributed by atoms with E-state index in [1.807, 2.05) is 24.3 Å². The van der Waals surface area contributed by atoms with Gasteiger partial charge < -0.3 is 14.8 Å². The Morgan fingerprint density at radius 2 is 1.82 bits per heavy atom. The quantitative estimate of drug-likeness (QED) is 0.399. The minimum absolute atomic E-state index is 0.0178. The minimum Gasteiger partial charge on any atom is -0.454 e. The molecular formula is C26H22N2O5. The summed E-state index contributed by atoms with van der Waals surface area (Å²) >= 11 is 0. The summed E-state index contributed by atoms with van der Waals surface area (Å²) in [5.41, 5.74) is 3.58. The first-order valence-corrected chi connectivity index (χ1v) is 11.0. The van der Waals surface area contributed by atoms with E-state index < -0.39 is 11.0 Å². The lowest BCUT2D eigenvalue weighted by atomic mass is 9.67. The van der Waals surface area contributed by atoms with Crippen LogP contribution in [0.25, 0.3) is 16.3 Å². The number of carbonyl (C=O) groups is 1. The lowest BCUT2D eigenvalue weighted by Gasteiger charge is -2.40. The maximum Gasteiger partial charge on any atom is 0.279 e. The Morgan fingerprint density at radius 3 is 2.61 bits per heavy atom. The number of benzene rings is 3. The first kappa shape index (κ1) is 19.8. The Bertz CT molecular complexity index is 1410. The molecule has 1 atom stereocenters. The molecule has 7 nitrogen and oxygen atoms in total. The summed E-state index contributed by atoms with van der Waals surface area (Å²) in [5.74, 6) is 0.815. The van der Waals surface area contributed by atoms with E-state index in [9.17, 15) is 14.9 Å². The lowest BCUT2D eigenvalue weighted by molar-refractivity contribution is -0.385. The average Bonchev–Trinajstić information content (AvgIpc) is 3.24. The molecule has 0 saturated heterocycles. The van der Waals surface area contributed by atoms with E-state index in [-0.39, 0.29) is 23.7 Å². The number of nitro groups is 1. The molecule has 0 aromatic heterocycles. The van der Waals surface area contributed by atoms with E-state index in [0.717, 1.165) is 27.6 Å². The van der Waals surface area contributed by atoms with Crippen LogP contribution in [0.5, 0.6) is 11.5 Å². The molecule has 166 valence electrons. The van der Waals surface area contributed by atoms with Gasteiger partial charge in [0.25, 0.3) is 5.69 Å². The molecule has 0 fully saturated rings.